The number of hydrogen-bond acceptors (Lipinski definition) is 4. The molecule has 94 valence electrons. The van der Waals surface area contributed by atoms with Gasteiger partial charge in [-0.2, -0.15) is 0 Å². The van der Waals surface area contributed by atoms with Crippen LogP contribution in [0.5, 0.6) is 0 Å². The van der Waals surface area contributed by atoms with E-state index in [-0.39, 0.29) is 0 Å². The van der Waals surface area contributed by atoms with Crippen LogP contribution in [0.2, 0.25) is 5.15 Å². The molecule has 1 aromatic rings. The molecule has 2 rings (SSSR count). The number of nitrogens with one attached hydrogen (secondary N) is 1. The van der Waals surface area contributed by atoms with Crippen LogP contribution in [-0.4, -0.2) is 36.6 Å². The Hall–Kier alpha value is -0.870. The van der Waals surface area contributed by atoms with Gasteiger partial charge in [-0.1, -0.05) is 11.6 Å². The predicted octanol–water partition coefficient (Wildman–Crippen LogP) is 1.87. The minimum atomic E-state index is 0.545. The summed E-state index contributed by atoms with van der Waals surface area (Å²) in [6.07, 6.45) is 4.31. The normalized spacial score (nSPS) is 20.3. The van der Waals surface area contributed by atoms with E-state index in [4.69, 9.17) is 11.6 Å². The molecular formula is C12H19ClN4. The van der Waals surface area contributed by atoms with Gasteiger partial charge in [0.05, 0.1) is 0 Å². The highest BCUT2D eigenvalue weighted by molar-refractivity contribution is 6.30. The topological polar surface area (TPSA) is 41.1 Å². The van der Waals surface area contributed by atoms with Crippen LogP contribution in [0.15, 0.2) is 6.20 Å². The van der Waals surface area contributed by atoms with Gasteiger partial charge in [0.1, 0.15) is 5.15 Å². The fourth-order valence-corrected chi connectivity index (χ4v) is 2.27. The third-order valence-corrected chi connectivity index (χ3v) is 3.55. The molecule has 0 aliphatic carbocycles. The number of halogens is 1. The fourth-order valence-electron chi connectivity index (χ4n) is 2.15. The van der Waals surface area contributed by atoms with Crippen molar-refractivity contribution in [3.05, 3.63) is 16.9 Å². The highest BCUT2D eigenvalue weighted by Crippen LogP contribution is 2.17. The minimum Gasteiger partial charge on any atom is -0.344 e. The molecule has 2 heterocycles. The van der Waals surface area contributed by atoms with Crippen LogP contribution in [-0.2, 0) is 0 Å². The summed E-state index contributed by atoms with van der Waals surface area (Å²) < 4.78 is 0. The van der Waals surface area contributed by atoms with Crippen molar-refractivity contribution in [2.75, 3.05) is 31.6 Å². The lowest BCUT2D eigenvalue weighted by atomic mass is 9.99. The van der Waals surface area contributed by atoms with Crippen molar-refractivity contribution in [2.45, 2.75) is 19.8 Å². The molecule has 4 nitrogen and oxygen atoms in total. The second-order valence-corrected chi connectivity index (χ2v) is 5.09. The highest BCUT2D eigenvalue weighted by atomic mass is 35.5. The SMILES string of the molecule is Cc1cnc(N(C)C[C@H]2CCCNC2)nc1Cl. The Morgan fingerprint density at radius 1 is 1.59 bits per heavy atom. The molecule has 0 amide bonds. The quantitative estimate of drug-likeness (QED) is 0.837. The summed E-state index contributed by atoms with van der Waals surface area (Å²) in [5.41, 5.74) is 0.920. The zero-order valence-electron chi connectivity index (χ0n) is 10.4. The molecule has 1 N–H and O–H groups in total. The molecule has 0 radical (unpaired) electrons. The summed E-state index contributed by atoms with van der Waals surface area (Å²) in [6, 6.07) is 0. The first kappa shape index (κ1) is 12.6. The minimum absolute atomic E-state index is 0.545. The van der Waals surface area contributed by atoms with Gasteiger partial charge in [-0.15, -0.1) is 0 Å². The van der Waals surface area contributed by atoms with Gasteiger partial charge in [0.15, 0.2) is 0 Å². The Kier molecular flexibility index (Phi) is 4.18. The smallest absolute Gasteiger partial charge is 0.226 e. The lowest BCUT2D eigenvalue weighted by Gasteiger charge is -2.27. The number of rotatable bonds is 3. The molecular weight excluding hydrogens is 236 g/mol. The zero-order chi connectivity index (χ0) is 12.3. The molecule has 17 heavy (non-hydrogen) atoms. The summed E-state index contributed by atoms with van der Waals surface area (Å²) in [4.78, 5) is 10.7. The molecule has 1 atom stereocenters. The lowest BCUT2D eigenvalue weighted by Crippen LogP contribution is -2.37. The average Bonchev–Trinajstić information content (AvgIpc) is 2.34. The van der Waals surface area contributed by atoms with Crippen molar-refractivity contribution in [2.24, 2.45) is 5.92 Å². The summed E-state index contributed by atoms with van der Waals surface area (Å²) in [5, 5.41) is 3.96. The van der Waals surface area contributed by atoms with Gasteiger partial charge in [-0.05, 0) is 38.8 Å². The van der Waals surface area contributed by atoms with Gasteiger partial charge < -0.3 is 10.2 Å². The van der Waals surface area contributed by atoms with Gasteiger partial charge in [0.2, 0.25) is 5.95 Å². The first-order valence-electron chi connectivity index (χ1n) is 6.08. The summed E-state index contributed by atoms with van der Waals surface area (Å²) in [7, 11) is 2.02. The number of aryl methyl sites for hydroxylation is 1. The summed E-state index contributed by atoms with van der Waals surface area (Å²) >= 11 is 6.01. The number of nitrogens with zero attached hydrogens (tertiary/aromatic N) is 3. The molecule has 0 bridgehead atoms. The maximum Gasteiger partial charge on any atom is 0.226 e. The van der Waals surface area contributed by atoms with E-state index in [1.807, 2.05) is 14.0 Å². The van der Waals surface area contributed by atoms with Crippen LogP contribution in [0, 0.1) is 12.8 Å². The van der Waals surface area contributed by atoms with Crippen molar-refractivity contribution < 1.29 is 0 Å². The Morgan fingerprint density at radius 2 is 2.41 bits per heavy atom. The van der Waals surface area contributed by atoms with E-state index in [2.05, 4.69) is 20.2 Å². The maximum absolute atomic E-state index is 6.01. The largest absolute Gasteiger partial charge is 0.344 e. The molecule has 0 spiro atoms. The van der Waals surface area contributed by atoms with Gasteiger partial charge in [0.25, 0.3) is 0 Å². The van der Waals surface area contributed by atoms with Crippen LogP contribution in [0.25, 0.3) is 0 Å². The van der Waals surface area contributed by atoms with Crippen molar-refractivity contribution in [3.63, 3.8) is 0 Å². The summed E-state index contributed by atoms with van der Waals surface area (Å²) in [5.74, 6) is 1.39. The van der Waals surface area contributed by atoms with E-state index in [1.165, 1.54) is 12.8 Å². The molecule has 0 aromatic carbocycles. The number of hydrogen-bond donors (Lipinski definition) is 1. The van der Waals surface area contributed by atoms with Crippen LogP contribution >= 0.6 is 11.6 Å². The monoisotopic (exact) mass is 254 g/mol. The Bertz CT molecular complexity index is 377. The van der Waals surface area contributed by atoms with Crippen LogP contribution in [0.1, 0.15) is 18.4 Å². The van der Waals surface area contributed by atoms with Crippen molar-refractivity contribution in [1.29, 1.82) is 0 Å². The molecule has 1 saturated heterocycles. The van der Waals surface area contributed by atoms with Crippen molar-refractivity contribution in [1.82, 2.24) is 15.3 Å². The van der Waals surface area contributed by atoms with E-state index in [9.17, 15) is 0 Å². The number of aromatic nitrogens is 2. The van der Waals surface area contributed by atoms with Gasteiger partial charge in [0, 0.05) is 25.4 Å². The van der Waals surface area contributed by atoms with Crippen molar-refractivity contribution >= 4 is 17.5 Å². The molecule has 1 fully saturated rings. The van der Waals surface area contributed by atoms with E-state index in [0.717, 1.165) is 25.2 Å². The van der Waals surface area contributed by atoms with Gasteiger partial charge in [-0.3, -0.25) is 0 Å². The highest BCUT2D eigenvalue weighted by Gasteiger charge is 2.16. The first-order valence-corrected chi connectivity index (χ1v) is 6.45. The molecule has 1 aliphatic heterocycles. The van der Waals surface area contributed by atoms with Gasteiger partial charge in [-0.25, -0.2) is 9.97 Å². The molecule has 0 unspecified atom stereocenters. The average molecular weight is 255 g/mol. The fraction of sp³-hybridized carbons (Fsp3) is 0.667. The second-order valence-electron chi connectivity index (χ2n) is 4.74. The van der Waals surface area contributed by atoms with Crippen LogP contribution in [0.3, 0.4) is 0 Å². The van der Waals surface area contributed by atoms with E-state index in [1.54, 1.807) is 6.20 Å². The standard InChI is InChI=1S/C12H19ClN4/c1-9-6-15-12(16-11(9)13)17(2)8-10-4-3-5-14-7-10/h6,10,14H,3-5,7-8H2,1-2H3/t10-/m0/s1. The third kappa shape index (κ3) is 3.30. The molecule has 1 aliphatic rings. The molecule has 0 saturated carbocycles. The lowest BCUT2D eigenvalue weighted by molar-refractivity contribution is 0.380. The van der Waals surface area contributed by atoms with Crippen LogP contribution in [0.4, 0.5) is 5.95 Å². The van der Waals surface area contributed by atoms with E-state index < -0.39 is 0 Å². The number of piperidine rings is 1. The number of anilines is 1. The van der Waals surface area contributed by atoms with E-state index >= 15 is 0 Å². The van der Waals surface area contributed by atoms with E-state index in [0.29, 0.717) is 17.0 Å². The Balaban J connectivity index is 1.98. The predicted molar refractivity (Wildman–Crippen MR) is 70.6 cm³/mol. The Morgan fingerprint density at radius 3 is 3.06 bits per heavy atom. The second kappa shape index (κ2) is 5.65. The summed E-state index contributed by atoms with van der Waals surface area (Å²) in [6.45, 7) is 5.13. The van der Waals surface area contributed by atoms with Crippen molar-refractivity contribution in [3.8, 4) is 0 Å². The first-order chi connectivity index (χ1) is 8.16. The molecule has 5 heteroatoms. The maximum atomic E-state index is 6.01. The third-order valence-electron chi connectivity index (χ3n) is 3.17. The Labute approximate surface area is 107 Å². The molecule has 1 aromatic heterocycles. The zero-order valence-corrected chi connectivity index (χ0v) is 11.2. The van der Waals surface area contributed by atoms with Crippen LogP contribution < -0.4 is 10.2 Å². The van der Waals surface area contributed by atoms with Gasteiger partial charge >= 0.3 is 0 Å².